The van der Waals surface area contributed by atoms with Crippen LogP contribution in [0.5, 0.6) is 0 Å². The Morgan fingerprint density at radius 1 is 1.18 bits per heavy atom. The molecule has 1 saturated heterocycles. The van der Waals surface area contributed by atoms with Crippen LogP contribution < -0.4 is 11.1 Å². The number of benzene rings is 1. The van der Waals surface area contributed by atoms with Gasteiger partial charge in [-0.15, -0.1) is 0 Å². The van der Waals surface area contributed by atoms with Gasteiger partial charge in [-0.2, -0.15) is 0 Å². The topological polar surface area (TPSA) is 53.8 Å². The van der Waals surface area contributed by atoms with Crippen LogP contribution in [0.15, 0.2) is 30.5 Å². The largest absolute Gasteiger partial charge is 0.361 e. The van der Waals surface area contributed by atoms with Crippen LogP contribution in [-0.4, -0.2) is 18.1 Å². The molecule has 1 aliphatic heterocycles. The van der Waals surface area contributed by atoms with Crippen molar-refractivity contribution in [2.75, 3.05) is 13.1 Å². The maximum atomic E-state index is 6.39. The molecule has 1 fully saturated rings. The summed E-state index contributed by atoms with van der Waals surface area (Å²) >= 11 is 0. The first-order valence-corrected chi connectivity index (χ1v) is 6.38. The zero-order valence-corrected chi connectivity index (χ0v) is 9.95. The van der Waals surface area contributed by atoms with Gasteiger partial charge in [0.25, 0.3) is 0 Å². The quantitative estimate of drug-likeness (QED) is 0.739. The van der Waals surface area contributed by atoms with E-state index in [9.17, 15) is 0 Å². The van der Waals surface area contributed by atoms with Crippen molar-refractivity contribution in [3.05, 3.63) is 36.0 Å². The number of hydrogen-bond acceptors (Lipinski definition) is 2. The zero-order chi connectivity index (χ0) is 11.7. The number of H-pyrrole nitrogens is 1. The van der Waals surface area contributed by atoms with Crippen molar-refractivity contribution in [2.24, 2.45) is 11.7 Å². The molecule has 1 aliphatic rings. The van der Waals surface area contributed by atoms with Crippen molar-refractivity contribution < 1.29 is 0 Å². The minimum absolute atomic E-state index is 0.177. The Bertz CT molecular complexity index is 497. The van der Waals surface area contributed by atoms with Gasteiger partial charge in [0.15, 0.2) is 0 Å². The summed E-state index contributed by atoms with van der Waals surface area (Å²) in [5, 5.41) is 4.64. The fraction of sp³-hybridized carbons (Fsp3) is 0.429. The van der Waals surface area contributed by atoms with E-state index in [0.717, 1.165) is 13.1 Å². The van der Waals surface area contributed by atoms with E-state index in [-0.39, 0.29) is 6.04 Å². The van der Waals surface area contributed by atoms with Crippen molar-refractivity contribution in [1.29, 1.82) is 0 Å². The molecule has 4 N–H and O–H groups in total. The first-order chi connectivity index (χ1) is 8.34. The molecule has 1 aromatic heterocycles. The predicted octanol–water partition coefficient (Wildman–Crippen LogP) is 2.17. The Hall–Kier alpha value is -1.32. The molecule has 1 aromatic carbocycles. The highest BCUT2D eigenvalue weighted by atomic mass is 14.9. The molecule has 1 atom stereocenters. The van der Waals surface area contributed by atoms with Crippen molar-refractivity contribution in [3.8, 4) is 0 Å². The normalized spacial score (nSPS) is 19.6. The number of nitrogens with two attached hydrogens (primary N) is 1. The second-order valence-electron chi connectivity index (χ2n) is 4.94. The lowest BCUT2D eigenvalue weighted by Gasteiger charge is -2.28. The van der Waals surface area contributed by atoms with Crippen LogP contribution in [-0.2, 0) is 0 Å². The molecule has 3 rings (SSSR count). The average molecular weight is 229 g/mol. The van der Waals surface area contributed by atoms with Gasteiger partial charge in [0, 0.05) is 17.8 Å². The van der Waals surface area contributed by atoms with E-state index in [4.69, 9.17) is 5.73 Å². The first-order valence-electron chi connectivity index (χ1n) is 6.38. The van der Waals surface area contributed by atoms with Crippen LogP contribution in [0.25, 0.3) is 10.9 Å². The van der Waals surface area contributed by atoms with E-state index in [0.29, 0.717) is 5.92 Å². The number of piperidine rings is 1. The highest BCUT2D eigenvalue weighted by Gasteiger charge is 2.21. The van der Waals surface area contributed by atoms with Crippen molar-refractivity contribution in [3.63, 3.8) is 0 Å². The number of rotatable bonds is 2. The lowest BCUT2D eigenvalue weighted by Crippen LogP contribution is -2.33. The molecule has 90 valence electrons. The molecule has 0 aliphatic carbocycles. The SMILES string of the molecule is N[C@@H](c1ccc2[nH]ccc2c1)C1CCNCC1. The summed E-state index contributed by atoms with van der Waals surface area (Å²) in [5.41, 5.74) is 8.85. The molecule has 17 heavy (non-hydrogen) atoms. The Morgan fingerprint density at radius 2 is 2.00 bits per heavy atom. The molecule has 3 heteroatoms. The maximum Gasteiger partial charge on any atom is 0.0454 e. The summed E-state index contributed by atoms with van der Waals surface area (Å²) in [6, 6.07) is 8.79. The van der Waals surface area contributed by atoms with Gasteiger partial charge in [0.1, 0.15) is 0 Å². The van der Waals surface area contributed by atoms with Crippen LogP contribution in [0.4, 0.5) is 0 Å². The third-order valence-electron chi connectivity index (χ3n) is 3.85. The van der Waals surface area contributed by atoms with E-state index < -0.39 is 0 Å². The molecule has 0 unspecified atom stereocenters. The molecule has 2 heterocycles. The van der Waals surface area contributed by atoms with Crippen LogP contribution in [0.1, 0.15) is 24.4 Å². The summed E-state index contributed by atoms with van der Waals surface area (Å²) in [4.78, 5) is 3.21. The minimum Gasteiger partial charge on any atom is -0.361 e. The predicted molar refractivity (Wildman–Crippen MR) is 70.8 cm³/mol. The molecule has 0 amide bonds. The molecule has 0 radical (unpaired) electrons. The average Bonchev–Trinajstić information content (AvgIpc) is 2.86. The lowest BCUT2D eigenvalue weighted by molar-refractivity contribution is 0.322. The Kier molecular flexibility index (Phi) is 2.87. The number of fused-ring (bicyclic) bond motifs is 1. The number of nitrogens with one attached hydrogen (secondary N) is 2. The number of aromatic nitrogens is 1. The standard InChI is InChI=1S/C14H19N3/c15-14(10-3-6-16-7-4-10)12-1-2-13-11(9-12)5-8-17-13/h1-2,5,8-10,14,16-17H,3-4,6-7,15H2/t14-/m1/s1. The van der Waals surface area contributed by atoms with E-state index in [1.165, 1.54) is 29.3 Å². The van der Waals surface area contributed by atoms with Gasteiger partial charge in [-0.05, 0) is 61.0 Å². The van der Waals surface area contributed by atoms with Gasteiger partial charge < -0.3 is 16.0 Å². The van der Waals surface area contributed by atoms with Crippen molar-refractivity contribution >= 4 is 10.9 Å². The second-order valence-corrected chi connectivity index (χ2v) is 4.94. The highest BCUT2D eigenvalue weighted by molar-refractivity contribution is 5.80. The Labute approximate surface area is 101 Å². The van der Waals surface area contributed by atoms with Gasteiger partial charge >= 0.3 is 0 Å². The van der Waals surface area contributed by atoms with E-state index >= 15 is 0 Å². The molecule has 3 nitrogen and oxygen atoms in total. The molecular weight excluding hydrogens is 210 g/mol. The van der Waals surface area contributed by atoms with Crippen LogP contribution in [0, 0.1) is 5.92 Å². The summed E-state index contributed by atoms with van der Waals surface area (Å²) in [6.07, 6.45) is 4.35. The number of hydrogen-bond donors (Lipinski definition) is 3. The van der Waals surface area contributed by atoms with Gasteiger partial charge in [0.2, 0.25) is 0 Å². The van der Waals surface area contributed by atoms with Gasteiger partial charge in [-0.1, -0.05) is 6.07 Å². The van der Waals surface area contributed by atoms with Crippen LogP contribution in [0.3, 0.4) is 0 Å². The molecule has 0 spiro atoms. The Balaban J connectivity index is 1.86. The smallest absolute Gasteiger partial charge is 0.0454 e. The molecule has 2 aromatic rings. The Morgan fingerprint density at radius 3 is 2.82 bits per heavy atom. The zero-order valence-electron chi connectivity index (χ0n) is 9.95. The van der Waals surface area contributed by atoms with E-state index in [2.05, 4.69) is 34.6 Å². The maximum absolute atomic E-state index is 6.39. The fourth-order valence-corrected chi connectivity index (χ4v) is 2.75. The summed E-state index contributed by atoms with van der Waals surface area (Å²) < 4.78 is 0. The molecule has 0 saturated carbocycles. The van der Waals surface area contributed by atoms with E-state index in [1.54, 1.807) is 0 Å². The molecule has 0 bridgehead atoms. The molecular formula is C14H19N3. The fourth-order valence-electron chi connectivity index (χ4n) is 2.75. The second kappa shape index (κ2) is 4.51. The van der Waals surface area contributed by atoms with E-state index in [1.807, 2.05) is 6.20 Å². The van der Waals surface area contributed by atoms with Crippen LogP contribution in [0.2, 0.25) is 0 Å². The summed E-state index contributed by atoms with van der Waals surface area (Å²) in [6.45, 7) is 2.20. The van der Waals surface area contributed by atoms with Crippen molar-refractivity contribution in [1.82, 2.24) is 10.3 Å². The third-order valence-corrected chi connectivity index (χ3v) is 3.85. The van der Waals surface area contributed by atoms with Crippen molar-refractivity contribution in [2.45, 2.75) is 18.9 Å². The van der Waals surface area contributed by atoms with Gasteiger partial charge in [0.05, 0.1) is 0 Å². The lowest BCUT2D eigenvalue weighted by atomic mass is 9.86. The first kappa shape index (κ1) is 10.8. The van der Waals surface area contributed by atoms with Gasteiger partial charge in [-0.25, -0.2) is 0 Å². The number of aromatic amines is 1. The monoisotopic (exact) mass is 229 g/mol. The summed E-state index contributed by atoms with van der Waals surface area (Å²) in [7, 11) is 0. The highest BCUT2D eigenvalue weighted by Crippen LogP contribution is 2.28. The van der Waals surface area contributed by atoms with Gasteiger partial charge in [-0.3, -0.25) is 0 Å². The minimum atomic E-state index is 0.177. The third kappa shape index (κ3) is 2.08. The summed E-state index contributed by atoms with van der Waals surface area (Å²) in [5.74, 6) is 0.618. The van der Waals surface area contributed by atoms with Crippen LogP contribution >= 0.6 is 0 Å².